The van der Waals surface area contributed by atoms with Gasteiger partial charge in [-0.05, 0) is 55.8 Å². The standard InChI is InChI=1S/C19H23BrN2O4S/c1-14(2)26-18-6-4-5-15(11-18)12-21-19(23)13-22(27(3,24)25)17-9-7-16(20)8-10-17/h4-11,14H,12-13H2,1-3H3,(H,21,23). The van der Waals surface area contributed by atoms with Gasteiger partial charge in [-0.2, -0.15) is 0 Å². The van der Waals surface area contributed by atoms with Crippen LogP contribution in [0.3, 0.4) is 0 Å². The molecule has 0 saturated heterocycles. The Balaban J connectivity index is 2.03. The van der Waals surface area contributed by atoms with E-state index in [0.29, 0.717) is 5.69 Å². The van der Waals surface area contributed by atoms with Crippen molar-refractivity contribution in [3.8, 4) is 5.75 Å². The fraction of sp³-hybridized carbons (Fsp3) is 0.316. The molecule has 0 fully saturated rings. The van der Waals surface area contributed by atoms with Gasteiger partial charge in [0.05, 0.1) is 18.0 Å². The van der Waals surface area contributed by atoms with E-state index in [9.17, 15) is 13.2 Å². The summed E-state index contributed by atoms with van der Waals surface area (Å²) in [6, 6.07) is 14.2. The second-order valence-corrected chi connectivity index (χ2v) is 9.16. The normalized spacial score (nSPS) is 11.3. The van der Waals surface area contributed by atoms with Gasteiger partial charge in [0, 0.05) is 11.0 Å². The molecule has 0 heterocycles. The molecule has 1 amide bonds. The van der Waals surface area contributed by atoms with Crippen LogP contribution in [0, 0.1) is 0 Å². The van der Waals surface area contributed by atoms with Crippen LogP contribution in [0.25, 0.3) is 0 Å². The summed E-state index contributed by atoms with van der Waals surface area (Å²) >= 11 is 3.31. The van der Waals surface area contributed by atoms with Crippen LogP contribution in [0.5, 0.6) is 5.75 Å². The Morgan fingerprint density at radius 1 is 1.19 bits per heavy atom. The van der Waals surface area contributed by atoms with Crippen LogP contribution in [0.1, 0.15) is 19.4 Å². The average molecular weight is 455 g/mol. The maximum Gasteiger partial charge on any atom is 0.241 e. The fourth-order valence-electron chi connectivity index (χ4n) is 2.40. The van der Waals surface area contributed by atoms with Gasteiger partial charge in [0.1, 0.15) is 12.3 Å². The van der Waals surface area contributed by atoms with Crippen molar-refractivity contribution in [1.82, 2.24) is 5.32 Å². The van der Waals surface area contributed by atoms with E-state index in [2.05, 4.69) is 21.2 Å². The summed E-state index contributed by atoms with van der Waals surface area (Å²) in [5.41, 5.74) is 1.30. The summed E-state index contributed by atoms with van der Waals surface area (Å²) in [5.74, 6) is 0.336. The summed E-state index contributed by atoms with van der Waals surface area (Å²) in [6.07, 6.45) is 1.14. The molecule has 146 valence electrons. The molecule has 0 aliphatic heterocycles. The van der Waals surface area contributed by atoms with Crippen LogP contribution in [0.2, 0.25) is 0 Å². The molecule has 6 nitrogen and oxygen atoms in total. The number of nitrogens with one attached hydrogen (secondary N) is 1. The Hall–Kier alpha value is -2.06. The van der Waals surface area contributed by atoms with Gasteiger partial charge in [0.15, 0.2) is 0 Å². The molecule has 1 N–H and O–H groups in total. The lowest BCUT2D eigenvalue weighted by atomic mass is 10.2. The number of hydrogen-bond donors (Lipinski definition) is 1. The quantitative estimate of drug-likeness (QED) is 0.663. The molecule has 2 aromatic rings. The molecule has 0 saturated carbocycles. The minimum atomic E-state index is -3.59. The van der Waals surface area contributed by atoms with Gasteiger partial charge >= 0.3 is 0 Å². The van der Waals surface area contributed by atoms with Crippen molar-refractivity contribution >= 4 is 37.5 Å². The molecule has 0 aliphatic rings. The van der Waals surface area contributed by atoms with E-state index in [-0.39, 0.29) is 19.2 Å². The Bertz CT molecular complexity index is 883. The topological polar surface area (TPSA) is 75.7 Å². The summed E-state index contributed by atoms with van der Waals surface area (Å²) in [7, 11) is -3.59. The molecule has 0 aliphatic carbocycles. The average Bonchev–Trinajstić information content (AvgIpc) is 2.58. The van der Waals surface area contributed by atoms with Gasteiger partial charge in [-0.25, -0.2) is 8.42 Å². The lowest BCUT2D eigenvalue weighted by Gasteiger charge is -2.22. The lowest BCUT2D eigenvalue weighted by molar-refractivity contribution is -0.119. The second kappa shape index (κ2) is 9.23. The van der Waals surface area contributed by atoms with Crippen molar-refractivity contribution in [2.45, 2.75) is 26.5 Å². The number of halogens is 1. The minimum absolute atomic E-state index is 0.0593. The largest absolute Gasteiger partial charge is 0.491 e. The molecule has 2 rings (SSSR count). The number of ether oxygens (including phenoxy) is 1. The first-order valence-electron chi connectivity index (χ1n) is 8.41. The second-order valence-electron chi connectivity index (χ2n) is 6.34. The van der Waals surface area contributed by atoms with Gasteiger partial charge in [-0.3, -0.25) is 9.10 Å². The third-order valence-corrected chi connectivity index (χ3v) is 5.23. The number of carbonyl (C=O) groups excluding carboxylic acids is 1. The van der Waals surface area contributed by atoms with Crippen LogP contribution in [0.15, 0.2) is 53.0 Å². The Morgan fingerprint density at radius 3 is 2.44 bits per heavy atom. The zero-order chi connectivity index (χ0) is 20.0. The number of rotatable bonds is 8. The summed E-state index contributed by atoms with van der Waals surface area (Å²) < 4.78 is 31.7. The number of hydrogen-bond acceptors (Lipinski definition) is 4. The predicted molar refractivity (Wildman–Crippen MR) is 110 cm³/mol. The van der Waals surface area contributed by atoms with E-state index >= 15 is 0 Å². The van der Waals surface area contributed by atoms with E-state index in [1.165, 1.54) is 0 Å². The SMILES string of the molecule is CC(C)Oc1cccc(CNC(=O)CN(c2ccc(Br)cc2)S(C)(=O)=O)c1. The lowest BCUT2D eigenvalue weighted by Crippen LogP contribution is -2.40. The maximum absolute atomic E-state index is 12.3. The van der Waals surface area contributed by atoms with Crippen molar-refractivity contribution in [3.05, 3.63) is 58.6 Å². The molecule has 8 heteroatoms. The number of sulfonamides is 1. The highest BCUT2D eigenvalue weighted by atomic mass is 79.9. The predicted octanol–water partition coefficient (Wildman–Crippen LogP) is 3.32. The van der Waals surface area contributed by atoms with E-state index < -0.39 is 15.9 Å². The fourth-order valence-corrected chi connectivity index (χ4v) is 3.52. The molecular weight excluding hydrogens is 432 g/mol. The van der Waals surface area contributed by atoms with Crippen molar-refractivity contribution in [1.29, 1.82) is 0 Å². The maximum atomic E-state index is 12.3. The van der Waals surface area contributed by atoms with Crippen LogP contribution in [0.4, 0.5) is 5.69 Å². The van der Waals surface area contributed by atoms with Crippen LogP contribution in [-0.2, 0) is 21.4 Å². The number of carbonyl (C=O) groups is 1. The smallest absolute Gasteiger partial charge is 0.241 e. The third kappa shape index (κ3) is 6.88. The third-order valence-electron chi connectivity index (χ3n) is 3.56. The molecule has 0 aromatic heterocycles. The number of amides is 1. The van der Waals surface area contributed by atoms with E-state index in [1.807, 2.05) is 38.1 Å². The molecule has 0 bridgehead atoms. The van der Waals surface area contributed by atoms with E-state index in [1.54, 1.807) is 24.3 Å². The first-order valence-corrected chi connectivity index (χ1v) is 11.0. The van der Waals surface area contributed by atoms with E-state index in [4.69, 9.17) is 4.74 Å². The number of nitrogens with zero attached hydrogens (tertiary/aromatic N) is 1. The van der Waals surface area contributed by atoms with Gasteiger partial charge in [-0.1, -0.05) is 28.1 Å². The van der Waals surface area contributed by atoms with Crippen molar-refractivity contribution < 1.29 is 17.9 Å². The first-order chi connectivity index (χ1) is 12.6. The molecule has 0 atom stereocenters. The van der Waals surface area contributed by atoms with Gasteiger partial charge < -0.3 is 10.1 Å². The Labute approximate surface area is 168 Å². The van der Waals surface area contributed by atoms with Gasteiger partial charge in [0.2, 0.25) is 15.9 Å². The minimum Gasteiger partial charge on any atom is -0.491 e. The first kappa shape index (κ1) is 21.2. The zero-order valence-electron chi connectivity index (χ0n) is 15.5. The summed E-state index contributed by atoms with van der Waals surface area (Å²) in [4.78, 5) is 12.3. The van der Waals surface area contributed by atoms with Crippen molar-refractivity contribution in [2.75, 3.05) is 17.1 Å². The molecule has 0 spiro atoms. The van der Waals surface area contributed by atoms with Crippen molar-refractivity contribution in [3.63, 3.8) is 0 Å². The number of benzene rings is 2. The Kier molecular flexibility index (Phi) is 7.26. The molecule has 2 aromatic carbocycles. The van der Waals surface area contributed by atoms with Crippen LogP contribution in [-0.4, -0.2) is 33.2 Å². The van der Waals surface area contributed by atoms with Crippen LogP contribution < -0.4 is 14.4 Å². The highest BCUT2D eigenvalue weighted by Crippen LogP contribution is 2.20. The molecule has 27 heavy (non-hydrogen) atoms. The molecule has 0 unspecified atom stereocenters. The summed E-state index contributed by atoms with van der Waals surface area (Å²) in [6.45, 7) is 3.88. The van der Waals surface area contributed by atoms with Crippen molar-refractivity contribution in [2.24, 2.45) is 0 Å². The molecule has 0 radical (unpaired) electrons. The number of anilines is 1. The summed E-state index contributed by atoms with van der Waals surface area (Å²) in [5, 5.41) is 2.75. The molecular formula is C19H23BrN2O4S. The van der Waals surface area contributed by atoms with Crippen LogP contribution >= 0.6 is 15.9 Å². The van der Waals surface area contributed by atoms with Gasteiger partial charge in [-0.15, -0.1) is 0 Å². The zero-order valence-corrected chi connectivity index (χ0v) is 17.9. The highest BCUT2D eigenvalue weighted by Gasteiger charge is 2.20. The monoisotopic (exact) mass is 454 g/mol. The van der Waals surface area contributed by atoms with Gasteiger partial charge in [0.25, 0.3) is 0 Å². The highest BCUT2D eigenvalue weighted by molar-refractivity contribution is 9.10. The Morgan fingerprint density at radius 2 is 1.85 bits per heavy atom. The van der Waals surface area contributed by atoms with E-state index in [0.717, 1.165) is 26.3 Å².